The summed E-state index contributed by atoms with van der Waals surface area (Å²) in [6.07, 6.45) is 1.65. The van der Waals surface area contributed by atoms with Gasteiger partial charge in [0.15, 0.2) is 0 Å². The molecule has 4 heteroatoms. The van der Waals surface area contributed by atoms with Crippen LogP contribution in [0.4, 0.5) is 0 Å². The molecule has 0 saturated carbocycles. The highest BCUT2D eigenvalue weighted by Gasteiger charge is 2.15. The molecule has 0 atom stereocenters. The topological polar surface area (TPSA) is 33.2 Å². The molecule has 0 aliphatic heterocycles. The molecular weight excluding hydrogens is 304 g/mol. The largest absolute Gasteiger partial charge is 0.336 e. The normalized spacial score (nSPS) is 10.3. The van der Waals surface area contributed by atoms with Crippen LogP contribution in [0, 0.1) is 6.92 Å². The third kappa shape index (κ3) is 3.41. The zero-order valence-electron chi connectivity index (χ0n) is 10.9. The van der Waals surface area contributed by atoms with E-state index in [1.165, 1.54) is 0 Å². The van der Waals surface area contributed by atoms with Crippen molar-refractivity contribution in [2.75, 3.05) is 7.05 Å². The summed E-state index contributed by atoms with van der Waals surface area (Å²) < 4.78 is 1.03. The van der Waals surface area contributed by atoms with Crippen molar-refractivity contribution in [3.8, 4) is 0 Å². The van der Waals surface area contributed by atoms with Gasteiger partial charge in [-0.2, -0.15) is 0 Å². The summed E-state index contributed by atoms with van der Waals surface area (Å²) in [7, 11) is 1.79. The van der Waals surface area contributed by atoms with Crippen molar-refractivity contribution in [2.45, 2.75) is 13.5 Å². The Kier molecular flexibility index (Phi) is 4.32. The summed E-state index contributed by atoms with van der Waals surface area (Å²) >= 11 is 3.40. The van der Waals surface area contributed by atoms with E-state index in [1.54, 1.807) is 18.1 Å². The van der Waals surface area contributed by atoms with E-state index in [2.05, 4.69) is 20.9 Å². The Labute approximate surface area is 121 Å². The van der Waals surface area contributed by atoms with Crippen LogP contribution in [-0.2, 0) is 6.54 Å². The minimum absolute atomic E-state index is 0.0546. The van der Waals surface area contributed by atoms with Crippen molar-refractivity contribution < 1.29 is 4.79 Å². The third-order valence-electron chi connectivity index (χ3n) is 2.89. The fourth-order valence-corrected chi connectivity index (χ4v) is 2.09. The molecule has 1 aromatic carbocycles. The number of halogens is 1. The van der Waals surface area contributed by atoms with E-state index in [9.17, 15) is 4.79 Å². The summed E-state index contributed by atoms with van der Waals surface area (Å²) in [6.45, 7) is 2.47. The summed E-state index contributed by atoms with van der Waals surface area (Å²) in [5.74, 6) is -0.0546. The first-order valence-corrected chi connectivity index (χ1v) is 6.79. The van der Waals surface area contributed by atoms with E-state index in [0.717, 1.165) is 15.6 Å². The highest BCUT2D eigenvalue weighted by atomic mass is 79.9. The van der Waals surface area contributed by atoms with Crippen molar-refractivity contribution in [1.82, 2.24) is 9.88 Å². The Morgan fingerprint density at radius 1 is 1.26 bits per heavy atom. The van der Waals surface area contributed by atoms with Gasteiger partial charge in [-0.25, -0.2) is 0 Å². The number of carbonyl (C=O) groups is 1. The van der Waals surface area contributed by atoms with Gasteiger partial charge >= 0.3 is 0 Å². The number of benzene rings is 1. The van der Waals surface area contributed by atoms with Crippen LogP contribution >= 0.6 is 15.9 Å². The first kappa shape index (κ1) is 13.7. The lowest BCUT2D eigenvalue weighted by Gasteiger charge is -2.17. The monoisotopic (exact) mass is 318 g/mol. The number of aromatic nitrogens is 1. The molecule has 0 N–H and O–H groups in total. The van der Waals surface area contributed by atoms with Crippen molar-refractivity contribution in [3.05, 3.63) is 63.9 Å². The van der Waals surface area contributed by atoms with Crippen molar-refractivity contribution in [1.29, 1.82) is 0 Å². The lowest BCUT2D eigenvalue weighted by molar-refractivity contribution is 0.0778. The minimum atomic E-state index is -0.0546. The van der Waals surface area contributed by atoms with Gasteiger partial charge in [-0.15, -0.1) is 0 Å². The molecule has 0 unspecified atom stereocenters. The quantitative estimate of drug-likeness (QED) is 0.868. The molecular formula is C15H15BrN2O. The zero-order chi connectivity index (χ0) is 13.8. The molecule has 2 rings (SSSR count). The number of aryl methyl sites for hydroxylation is 1. The summed E-state index contributed by atoms with van der Waals surface area (Å²) in [5, 5.41) is 0. The fraction of sp³-hybridized carbons (Fsp3) is 0.200. The maximum Gasteiger partial charge on any atom is 0.272 e. The van der Waals surface area contributed by atoms with Crippen LogP contribution in [-0.4, -0.2) is 22.8 Å². The number of carbonyl (C=O) groups excluding carboxylic acids is 1. The molecule has 1 amide bonds. The molecule has 0 aliphatic rings. The molecule has 3 nitrogen and oxygen atoms in total. The van der Waals surface area contributed by atoms with E-state index < -0.39 is 0 Å². The van der Waals surface area contributed by atoms with Crippen LogP contribution in [0.1, 0.15) is 21.6 Å². The Balaban J connectivity index is 2.12. The van der Waals surface area contributed by atoms with Gasteiger partial charge in [0, 0.05) is 24.3 Å². The molecule has 2 aromatic rings. The molecule has 0 saturated heterocycles. The van der Waals surface area contributed by atoms with Crippen molar-refractivity contribution >= 4 is 21.8 Å². The van der Waals surface area contributed by atoms with Crippen LogP contribution in [0.3, 0.4) is 0 Å². The summed E-state index contributed by atoms with van der Waals surface area (Å²) in [6, 6.07) is 11.7. The third-order valence-corrected chi connectivity index (χ3v) is 3.42. The number of hydrogen-bond donors (Lipinski definition) is 0. The Bertz CT molecular complexity index is 581. The van der Waals surface area contributed by atoms with Gasteiger partial charge in [0.25, 0.3) is 5.91 Å². The lowest BCUT2D eigenvalue weighted by Crippen LogP contribution is -2.27. The number of amides is 1. The van der Waals surface area contributed by atoms with E-state index in [1.807, 2.05) is 43.3 Å². The van der Waals surface area contributed by atoms with Crippen molar-refractivity contribution in [3.63, 3.8) is 0 Å². The molecule has 98 valence electrons. The average molecular weight is 319 g/mol. The van der Waals surface area contributed by atoms with Gasteiger partial charge in [0.05, 0.1) is 0 Å². The van der Waals surface area contributed by atoms with Gasteiger partial charge in [0.1, 0.15) is 5.69 Å². The number of rotatable bonds is 3. The Hall–Kier alpha value is -1.68. The van der Waals surface area contributed by atoms with Crippen LogP contribution in [0.25, 0.3) is 0 Å². The number of pyridine rings is 1. The molecule has 0 spiro atoms. The molecule has 0 radical (unpaired) electrons. The second-order valence-corrected chi connectivity index (χ2v) is 5.37. The van der Waals surface area contributed by atoms with Crippen LogP contribution in [0.2, 0.25) is 0 Å². The van der Waals surface area contributed by atoms with Gasteiger partial charge in [-0.3, -0.25) is 9.78 Å². The second-order valence-electron chi connectivity index (χ2n) is 4.46. The molecule has 19 heavy (non-hydrogen) atoms. The fourth-order valence-electron chi connectivity index (χ4n) is 1.83. The number of nitrogens with zero attached hydrogens (tertiary/aromatic N) is 2. The Morgan fingerprint density at radius 3 is 2.58 bits per heavy atom. The lowest BCUT2D eigenvalue weighted by atomic mass is 10.2. The van der Waals surface area contributed by atoms with Crippen LogP contribution < -0.4 is 0 Å². The van der Waals surface area contributed by atoms with E-state index in [4.69, 9.17) is 0 Å². The van der Waals surface area contributed by atoms with Crippen LogP contribution in [0.5, 0.6) is 0 Å². The second kappa shape index (κ2) is 5.97. The predicted octanol–water partition coefficient (Wildman–Crippen LogP) is 3.42. The maximum absolute atomic E-state index is 12.3. The van der Waals surface area contributed by atoms with E-state index >= 15 is 0 Å². The first-order valence-electron chi connectivity index (χ1n) is 5.99. The minimum Gasteiger partial charge on any atom is -0.336 e. The average Bonchev–Trinajstić information content (AvgIpc) is 2.41. The zero-order valence-corrected chi connectivity index (χ0v) is 12.5. The molecule has 1 heterocycles. The highest BCUT2D eigenvalue weighted by Crippen LogP contribution is 2.13. The predicted molar refractivity (Wildman–Crippen MR) is 78.9 cm³/mol. The number of hydrogen-bond acceptors (Lipinski definition) is 2. The summed E-state index contributed by atoms with van der Waals surface area (Å²) in [5.41, 5.74) is 2.50. The smallest absolute Gasteiger partial charge is 0.272 e. The maximum atomic E-state index is 12.3. The van der Waals surface area contributed by atoms with Crippen LogP contribution in [0.15, 0.2) is 47.1 Å². The van der Waals surface area contributed by atoms with E-state index in [-0.39, 0.29) is 5.91 Å². The van der Waals surface area contributed by atoms with Gasteiger partial charge in [0.2, 0.25) is 0 Å². The highest BCUT2D eigenvalue weighted by molar-refractivity contribution is 9.10. The van der Waals surface area contributed by atoms with Gasteiger partial charge in [-0.1, -0.05) is 34.1 Å². The van der Waals surface area contributed by atoms with E-state index in [0.29, 0.717) is 12.2 Å². The SMILES string of the molecule is Cc1cccnc1C(=O)N(C)Cc1ccc(Br)cc1. The summed E-state index contributed by atoms with van der Waals surface area (Å²) in [4.78, 5) is 18.1. The first-order chi connectivity index (χ1) is 9.08. The molecule has 0 bridgehead atoms. The van der Waals surface area contributed by atoms with Gasteiger partial charge < -0.3 is 4.90 Å². The molecule has 0 fully saturated rings. The van der Waals surface area contributed by atoms with Crippen molar-refractivity contribution in [2.24, 2.45) is 0 Å². The Morgan fingerprint density at radius 2 is 1.95 bits per heavy atom. The van der Waals surface area contributed by atoms with Gasteiger partial charge in [-0.05, 0) is 36.2 Å². The molecule has 0 aliphatic carbocycles. The molecule has 1 aromatic heterocycles. The standard InChI is InChI=1S/C15H15BrN2O/c1-11-4-3-9-17-14(11)15(19)18(2)10-12-5-7-13(16)8-6-12/h3-9H,10H2,1-2H3.